The molecule has 5 nitrogen and oxygen atoms in total. The summed E-state index contributed by atoms with van der Waals surface area (Å²) < 4.78 is 17.4. The predicted octanol–water partition coefficient (Wildman–Crippen LogP) is 1.09. The molecule has 106 valence electrons. The van der Waals surface area contributed by atoms with E-state index in [1.54, 1.807) is 6.08 Å². The van der Waals surface area contributed by atoms with Gasteiger partial charge in [0.15, 0.2) is 5.79 Å². The molecule has 3 fully saturated rings. The molecule has 0 aromatic carbocycles. The van der Waals surface area contributed by atoms with Gasteiger partial charge in [0.2, 0.25) is 5.91 Å². The van der Waals surface area contributed by atoms with Gasteiger partial charge in [0.05, 0.1) is 13.2 Å². The fourth-order valence-electron chi connectivity index (χ4n) is 3.08. The Labute approximate surface area is 113 Å². The van der Waals surface area contributed by atoms with Gasteiger partial charge in [0.25, 0.3) is 0 Å². The Morgan fingerprint density at radius 2 is 2.16 bits per heavy atom. The van der Waals surface area contributed by atoms with Crippen LogP contribution in [-0.4, -0.2) is 55.1 Å². The van der Waals surface area contributed by atoms with E-state index in [0.29, 0.717) is 26.1 Å². The fourth-order valence-corrected chi connectivity index (χ4v) is 3.08. The maximum atomic E-state index is 12.1. The highest BCUT2D eigenvalue weighted by atomic mass is 16.8. The summed E-state index contributed by atoms with van der Waals surface area (Å²) in [6.07, 6.45) is 4.64. The van der Waals surface area contributed by atoms with Gasteiger partial charge in [-0.15, -0.1) is 6.58 Å². The maximum Gasteiger partial charge on any atom is 0.222 e. The van der Waals surface area contributed by atoms with Crippen LogP contribution in [0.5, 0.6) is 0 Å². The molecule has 0 saturated carbocycles. The number of rotatable bonds is 4. The molecule has 3 aliphatic rings. The maximum absolute atomic E-state index is 12.1. The van der Waals surface area contributed by atoms with E-state index in [9.17, 15) is 4.79 Å². The summed E-state index contributed by atoms with van der Waals surface area (Å²) in [5.74, 6) is -0.601. The molecule has 5 heteroatoms. The Morgan fingerprint density at radius 1 is 1.37 bits per heavy atom. The summed E-state index contributed by atoms with van der Waals surface area (Å²) in [7, 11) is 0. The number of hydrogen-bond donors (Lipinski definition) is 0. The molecule has 3 rings (SSSR count). The average Bonchev–Trinajstić information content (AvgIpc) is 3.06. The number of likely N-dealkylation sites (tertiary alicyclic amines) is 1. The number of ether oxygens (including phenoxy) is 3. The van der Waals surface area contributed by atoms with Crippen molar-refractivity contribution in [2.45, 2.75) is 43.7 Å². The standard InChI is InChI=1S/C14H21NO4/c1-2-12-14(18-10-11(19-14)9-17-12)6-5-13(16)15-7-3-4-8-15/h2,11-12H,1,3-10H2/t11?,12-,14-/m0/s1. The van der Waals surface area contributed by atoms with Crippen molar-refractivity contribution in [3.8, 4) is 0 Å². The molecule has 1 amide bonds. The van der Waals surface area contributed by atoms with Crippen LogP contribution in [0.4, 0.5) is 0 Å². The van der Waals surface area contributed by atoms with E-state index in [0.717, 1.165) is 25.9 Å². The first-order valence-corrected chi connectivity index (χ1v) is 7.07. The highest BCUT2D eigenvalue weighted by Gasteiger charge is 2.51. The Kier molecular flexibility index (Phi) is 3.60. The average molecular weight is 267 g/mol. The van der Waals surface area contributed by atoms with E-state index in [1.165, 1.54) is 0 Å². The molecule has 1 unspecified atom stereocenters. The van der Waals surface area contributed by atoms with Gasteiger partial charge in [0, 0.05) is 25.9 Å². The molecule has 0 aromatic heterocycles. The zero-order chi connectivity index (χ0) is 13.3. The molecular weight excluding hydrogens is 246 g/mol. The Balaban J connectivity index is 1.60. The third-order valence-electron chi connectivity index (χ3n) is 4.14. The highest BCUT2D eigenvalue weighted by Crippen LogP contribution is 2.38. The van der Waals surface area contributed by atoms with Gasteiger partial charge in [0.1, 0.15) is 12.2 Å². The van der Waals surface area contributed by atoms with Gasteiger partial charge in [-0.1, -0.05) is 6.08 Å². The first-order chi connectivity index (χ1) is 9.23. The molecule has 3 aliphatic heterocycles. The summed E-state index contributed by atoms with van der Waals surface area (Å²) in [5, 5.41) is 0. The Morgan fingerprint density at radius 3 is 2.89 bits per heavy atom. The minimum atomic E-state index is -0.792. The van der Waals surface area contributed by atoms with Crippen LogP contribution in [0, 0.1) is 0 Å². The van der Waals surface area contributed by atoms with Crippen LogP contribution in [0.3, 0.4) is 0 Å². The molecule has 3 heterocycles. The number of fused-ring (bicyclic) bond motifs is 2. The molecule has 3 atom stereocenters. The largest absolute Gasteiger partial charge is 0.366 e. The number of amides is 1. The number of hydrogen-bond acceptors (Lipinski definition) is 4. The van der Waals surface area contributed by atoms with Crippen molar-refractivity contribution in [1.82, 2.24) is 4.90 Å². The lowest BCUT2D eigenvalue weighted by Gasteiger charge is -2.37. The van der Waals surface area contributed by atoms with Crippen molar-refractivity contribution in [3.05, 3.63) is 12.7 Å². The minimum absolute atomic E-state index is 0.00177. The number of carbonyl (C=O) groups excluding carboxylic acids is 1. The van der Waals surface area contributed by atoms with Crippen molar-refractivity contribution in [1.29, 1.82) is 0 Å². The van der Waals surface area contributed by atoms with Crippen molar-refractivity contribution in [2.75, 3.05) is 26.3 Å². The lowest BCUT2D eigenvalue weighted by Crippen LogP contribution is -2.49. The second kappa shape index (κ2) is 5.23. The van der Waals surface area contributed by atoms with E-state index in [2.05, 4.69) is 6.58 Å². The topological polar surface area (TPSA) is 48.0 Å². The zero-order valence-corrected chi connectivity index (χ0v) is 11.2. The van der Waals surface area contributed by atoms with E-state index < -0.39 is 5.79 Å². The van der Waals surface area contributed by atoms with Crippen molar-refractivity contribution < 1.29 is 19.0 Å². The van der Waals surface area contributed by atoms with Crippen LogP contribution in [0.15, 0.2) is 12.7 Å². The number of nitrogens with zero attached hydrogens (tertiary/aromatic N) is 1. The van der Waals surface area contributed by atoms with E-state index in [-0.39, 0.29) is 18.1 Å². The lowest BCUT2D eigenvalue weighted by molar-refractivity contribution is -0.264. The van der Waals surface area contributed by atoms with Crippen LogP contribution in [0.2, 0.25) is 0 Å². The lowest BCUT2D eigenvalue weighted by atomic mass is 10.0. The third kappa shape index (κ3) is 2.42. The molecule has 0 radical (unpaired) electrons. The van der Waals surface area contributed by atoms with Crippen LogP contribution in [0.1, 0.15) is 25.7 Å². The normalized spacial score (nSPS) is 37.6. The first-order valence-electron chi connectivity index (χ1n) is 7.07. The van der Waals surface area contributed by atoms with Crippen molar-refractivity contribution in [2.24, 2.45) is 0 Å². The quantitative estimate of drug-likeness (QED) is 0.715. The van der Waals surface area contributed by atoms with Gasteiger partial charge in [-0.3, -0.25) is 4.79 Å². The fraction of sp³-hybridized carbons (Fsp3) is 0.786. The van der Waals surface area contributed by atoms with Crippen LogP contribution < -0.4 is 0 Å². The third-order valence-corrected chi connectivity index (χ3v) is 4.14. The van der Waals surface area contributed by atoms with E-state index in [1.807, 2.05) is 4.90 Å². The van der Waals surface area contributed by atoms with E-state index >= 15 is 0 Å². The number of carbonyl (C=O) groups is 1. The molecule has 19 heavy (non-hydrogen) atoms. The minimum Gasteiger partial charge on any atom is -0.366 e. The molecular formula is C14H21NO4. The van der Waals surface area contributed by atoms with Crippen LogP contribution >= 0.6 is 0 Å². The second-order valence-electron chi connectivity index (χ2n) is 5.44. The molecule has 2 bridgehead atoms. The van der Waals surface area contributed by atoms with E-state index in [4.69, 9.17) is 14.2 Å². The molecule has 0 N–H and O–H groups in total. The van der Waals surface area contributed by atoms with Gasteiger partial charge in [-0.2, -0.15) is 0 Å². The van der Waals surface area contributed by atoms with Crippen molar-refractivity contribution in [3.63, 3.8) is 0 Å². The zero-order valence-electron chi connectivity index (χ0n) is 11.2. The molecule has 3 saturated heterocycles. The van der Waals surface area contributed by atoms with Gasteiger partial charge >= 0.3 is 0 Å². The smallest absolute Gasteiger partial charge is 0.222 e. The summed E-state index contributed by atoms with van der Waals surface area (Å²) >= 11 is 0. The molecule has 0 spiro atoms. The monoisotopic (exact) mass is 267 g/mol. The summed E-state index contributed by atoms with van der Waals surface area (Å²) in [6, 6.07) is 0. The van der Waals surface area contributed by atoms with Gasteiger partial charge < -0.3 is 19.1 Å². The highest BCUT2D eigenvalue weighted by molar-refractivity contribution is 5.76. The van der Waals surface area contributed by atoms with Gasteiger partial charge in [-0.25, -0.2) is 0 Å². The van der Waals surface area contributed by atoms with Crippen molar-refractivity contribution >= 4 is 5.91 Å². The first kappa shape index (κ1) is 13.1. The van der Waals surface area contributed by atoms with Crippen LogP contribution in [-0.2, 0) is 19.0 Å². The van der Waals surface area contributed by atoms with Gasteiger partial charge in [-0.05, 0) is 12.8 Å². The molecule has 0 aromatic rings. The molecule has 0 aliphatic carbocycles. The van der Waals surface area contributed by atoms with Crippen LogP contribution in [0.25, 0.3) is 0 Å². The summed E-state index contributed by atoms with van der Waals surface area (Å²) in [4.78, 5) is 14.0. The predicted molar refractivity (Wildman–Crippen MR) is 68.5 cm³/mol. The Bertz CT molecular complexity index is 366. The summed E-state index contributed by atoms with van der Waals surface area (Å²) in [6.45, 7) is 6.63. The Hall–Kier alpha value is -0.910. The SMILES string of the molecule is C=C[C@@H]1OCC2CO[C@@]1(CCC(=O)N1CCCC1)O2. The summed E-state index contributed by atoms with van der Waals surface area (Å²) in [5.41, 5.74) is 0. The second-order valence-corrected chi connectivity index (χ2v) is 5.44.